The fourth-order valence-corrected chi connectivity index (χ4v) is 2.79. The first-order valence-corrected chi connectivity index (χ1v) is 7.63. The summed E-state index contributed by atoms with van der Waals surface area (Å²) >= 11 is 0. The third-order valence-electron chi connectivity index (χ3n) is 4.05. The molecule has 0 spiro atoms. The largest absolute Gasteiger partial charge is 0.496 e. The van der Waals surface area contributed by atoms with Crippen LogP contribution in [0.25, 0.3) is 0 Å². The number of hydrogen-bond acceptors (Lipinski definition) is 5. The molecule has 0 unspecified atom stereocenters. The molecule has 1 aliphatic heterocycles. The maximum absolute atomic E-state index is 5.57. The van der Waals surface area contributed by atoms with E-state index in [-0.39, 0.29) is 0 Å². The van der Waals surface area contributed by atoms with E-state index < -0.39 is 0 Å². The molecule has 1 fully saturated rings. The quantitative estimate of drug-likeness (QED) is 0.818. The van der Waals surface area contributed by atoms with Crippen molar-refractivity contribution in [2.45, 2.75) is 13.0 Å². The van der Waals surface area contributed by atoms with E-state index in [2.05, 4.69) is 9.80 Å². The maximum atomic E-state index is 5.57. The summed E-state index contributed by atoms with van der Waals surface area (Å²) in [5.41, 5.74) is 6.71. The van der Waals surface area contributed by atoms with Crippen LogP contribution in [0.3, 0.4) is 0 Å². The Balaban J connectivity index is 1.94. The van der Waals surface area contributed by atoms with Crippen molar-refractivity contribution in [1.29, 1.82) is 0 Å². The molecule has 1 aromatic carbocycles. The van der Waals surface area contributed by atoms with Crippen LogP contribution in [0.5, 0.6) is 11.5 Å². The summed E-state index contributed by atoms with van der Waals surface area (Å²) < 4.78 is 10.9. The standard InChI is InChI=1S/C16H27N3O2/c1-20-15-5-3-6-16(21-2)14(15)13-19-11-9-18(10-12-19)8-4-7-17/h3,5-6H,4,7-13,17H2,1-2H3. The van der Waals surface area contributed by atoms with E-state index in [4.69, 9.17) is 15.2 Å². The molecule has 0 amide bonds. The normalized spacial score (nSPS) is 16.9. The van der Waals surface area contributed by atoms with E-state index in [0.717, 1.165) is 69.3 Å². The molecule has 2 rings (SSSR count). The Hall–Kier alpha value is -1.30. The van der Waals surface area contributed by atoms with Gasteiger partial charge in [-0.3, -0.25) is 4.90 Å². The fourth-order valence-electron chi connectivity index (χ4n) is 2.79. The Kier molecular flexibility index (Phi) is 6.29. The van der Waals surface area contributed by atoms with Gasteiger partial charge in [0.2, 0.25) is 0 Å². The molecule has 0 saturated carbocycles. The smallest absolute Gasteiger partial charge is 0.127 e. The molecule has 2 N–H and O–H groups in total. The van der Waals surface area contributed by atoms with Crippen LogP contribution in [0, 0.1) is 0 Å². The summed E-state index contributed by atoms with van der Waals surface area (Å²) in [5.74, 6) is 1.81. The van der Waals surface area contributed by atoms with Crippen molar-refractivity contribution in [3.05, 3.63) is 23.8 Å². The average Bonchev–Trinajstić information content (AvgIpc) is 2.54. The summed E-state index contributed by atoms with van der Waals surface area (Å²) in [6, 6.07) is 5.95. The highest BCUT2D eigenvalue weighted by atomic mass is 16.5. The Bertz CT molecular complexity index is 409. The van der Waals surface area contributed by atoms with Crippen LogP contribution in [0.4, 0.5) is 0 Å². The van der Waals surface area contributed by atoms with Crippen molar-refractivity contribution >= 4 is 0 Å². The first-order chi connectivity index (χ1) is 10.3. The zero-order valence-corrected chi connectivity index (χ0v) is 13.2. The lowest BCUT2D eigenvalue weighted by Gasteiger charge is -2.35. The van der Waals surface area contributed by atoms with Crippen LogP contribution in [0.1, 0.15) is 12.0 Å². The molecular weight excluding hydrogens is 266 g/mol. The number of nitrogens with two attached hydrogens (primary N) is 1. The number of ether oxygens (including phenoxy) is 2. The highest BCUT2D eigenvalue weighted by molar-refractivity contribution is 5.44. The van der Waals surface area contributed by atoms with E-state index in [9.17, 15) is 0 Å². The first-order valence-electron chi connectivity index (χ1n) is 7.63. The summed E-state index contributed by atoms with van der Waals surface area (Å²) in [4.78, 5) is 4.95. The van der Waals surface area contributed by atoms with Crippen LogP contribution < -0.4 is 15.2 Å². The van der Waals surface area contributed by atoms with E-state index >= 15 is 0 Å². The SMILES string of the molecule is COc1cccc(OC)c1CN1CCN(CCCN)CC1. The van der Waals surface area contributed by atoms with Crippen LogP contribution in [0.2, 0.25) is 0 Å². The Morgan fingerprint density at radius 3 is 2.10 bits per heavy atom. The van der Waals surface area contributed by atoms with Gasteiger partial charge in [0.1, 0.15) is 11.5 Å². The van der Waals surface area contributed by atoms with Crippen molar-refractivity contribution < 1.29 is 9.47 Å². The molecule has 0 aliphatic carbocycles. The third-order valence-corrected chi connectivity index (χ3v) is 4.05. The molecule has 118 valence electrons. The van der Waals surface area contributed by atoms with E-state index in [1.165, 1.54) is 0 Å². The second-order valence-electron chi connectivity index (χ2n) is 5.40. The molecular formula is C16H27N3O2. The van der Waals surface area contributed by atoms with Crippen molar-refractivity contribution in [2.24, 2.45) is 5.73 Å². The molecule has 0 atom stereocenters. The minimum atomic E-state index is 0.776. The third kappa shape index (κ3) is 4.33. The van der Waals surface area contributed by atoms with E-state index in [0.29, 0.717) is 0 Å². The van der Waals surface area contributed by atoms with Gasteiger partial charge in [0, 0.05) is 32.7 Å². The Morgan fingerprint density at radius 1 is 1.00 bits per heavy atom. The van der Waals surface area contributed by atoms with Crippen LogP contribution in [0.15, 0.2) is 18.2 Å². The number of piperazine rings is 1. The molecule has 1 aliphatic rings. The average molecular weight is 293 g/mol. The van der Waals surface area contributed by atoms with Gasteiger partial charge in [-0.1, -0.05) is 6.07 Å². The van der Waals surface area contributed by atoms with Crippen molar-refractivity contribution in [3.8, 4) is 11.5 Å². The lowest BCUT2D eigenvalue weighted by molar-refractivity contribution is 0.125. The van der Waals surface area contributed by atoms with Crippen molar-refractivity contribution in [2.75, 3.05) is 53.5 Å². The highest BCUT2D eigenvalue weighted by Crippen LogP contribution is 2.29. The van der Waals surface area contributed by atoms with Crippen molar-refractivity contribution in [1.82, 2.24) is 9.80 Å². The first kappa shape index (κ1) is 16.1. The van der Waals surface area contributed by atoms with Gasteiger partial charge >= 0.3 is 0 Å². The number of methoxy groups -OCH3 is 2. The molecule has 0 aromatic heterocycles. The maximum Gasteiger partial charge on any atom is 0.127 e. The summed E-state index contributed by atoms with van der Waals surface area (Å²) in [5, 5.41) is 0. The van der Waals surface area contributed by atoms with Crippen LogP contribution >= 0.6 is 0 Å². The Morgan fingerprint density at radius 2 is 1.57 bits per heavy atom. The molecule has 0 radical (unpaired) electrons. The van der Waals surface area contributed by atoms with Gasteiger partial charge in [-0.15, -0.1) is 0 Å². The van der Waals surface area contributed by atoms with E-state index in [1.807, 2.05) is 18.2 Å². The molecule has 21 heavy (non-hydrogen) atoms. The number of hydrogen-bond donors (Lipinski definition) is 1. The predicted molar refractivity (Wildman–Crippen MR) is 84.9 cm³/mol. The number of rotatable bonds is 7. The zero-order valence-electron chi connectivity index (χ0n) is 13.2. The number of benzene rings is 1. The lowest BCUT2D eigenvalue weighted by atomic mass is 10.1. The minimum absolute atomic E-state index is 0.776. The molecule has 1 heterocycles. The van der Waals surface area contributed by atoms with Crippen LogP contribution in [-0.2, 0) is 6.54 Å². The lowest BCUT2D eigenvalue weighted by Crippen LogP contribution is -2.46. The second kappa shape index (κ2) is 8.22. The molecule has 5 nitrogen and oxygen atoms in total. The van der Waals surface area contributed by atoms with Gasteiger partial charge in [-0.2, -0.15) is 0 Å². The molecule has 1 saturated heterocycles. The van der Waals surface area contributed by atoms with Crippen molar-refractivity contribution in [3.63, 3.8) is 0 Å². The zero-order chi connectivity index (χ0) is 15.1. The van der Waals surface area contributed by atoms with Gasteiger partial charge in [0.15, 0.2) is 0 Å². The van der Waals surface area contributed by atoms with E-state index in [1.54, 1.807) is 14.2 Å². The summed E-state index contributed by atoms with van der Waals surface area (Å²) in [6.07, 6.45) is 1.08. The second-order valence-corrected chi connectivity index (χ2v) is 5.40. The fraction of sp³-hybridized carbons (Fsp3) is 0.625. The molecule has 0 bridgehead atoms. The van der Waals surface area contributed by atoms with Gasteiger partial charge in [0.05, 0.1) is 19.8 Å². The van der Waals surface area contributed by atoms with Gasteiger partial charge in [-0.25, -0.2) is 0 Å². The van der Waals surface area contributed by atoms with Crippen LogP contribution in [-0.4, -0.2) is 63.3 Å². The molecule has 5 heteroatoms. The predicted octanol–water partition coefficient (Wildman–Crippen LogP) is 1.17. The van der Waals surface area contributed by atoms with Gasteiger partial charge in [0.25, 0.3) is 0 Å². The summed E-state index contributed by atoms with van der Waals surface area (Å²) in [7, 11) is 3.42. The highest BCUT2D eigenvalue weighted by Gasteiger charge is 2.19. The summed E-state index contributed by atoms with van der Waals surface area (Å²) in [6.45, 7) is 7.13. The Labute approximate surface area is 127 Å². The van der Waals surface area contributed by atoms with Gasteiger partial charge < -0.3 is 20.1 Å². The molecule has 1 aromatic rings. The number of nitrogens with zero attached hydrogens (tertiary/aromatic N) is 2. The minimum Gasteiger partial charge on any atom is -0.496 e. The monoisotopic (exact) mass is 293 g/mol. The van der Waals surface area contributed by atoms with Gasteiger partial charge in [-0.05, 0) is 31.6 Å². The topological polar surface area (TPSA) is 51.0 Å².